The number of nitrogens with zero attached hydrogens (tertiary/aromatic N) is 3. The van der Waals surface area contributed by atoms with Gasteiger partial charge in [0.05, 0.1) is 19.3 Å². The first-order valence-corrected chi connectivity index (χ1v) is 10.2. The Bertz CT molecular complexity index is 867. The van der Waals surface area contributed by atoms with Gasteiger partial charge in [-0.15, -0.1) is 0 Å². The zero-order chi connectivity index (χ0) is 20.2. The lowest BCUT2D eigenvalue weighted by molar-refractivity contribution is 0.0171. The standard InChI is InChI=1S/C21H28N4O4/c26-17(15-23-10-12-29-13-11-23)14-22-18-19(21(28)20(18)27)25-8-6-24(7-9-25)16-4-2-1-3-5-16/h1-5,17,22,26H,6-15H2. The van der Waals surface area contributed by atoms with E-state index in [0.29, 0.717) is 44.2 Å². The number of anilines is 3. The molecule has 1 atom stereocenters. The van der Waals surface area contributed by atoms with Crippen LogP contribution in [-0.2, 0) is 4.74 Å². The van der Waals surface area contributed by atoms with Gasteiger partial charge in [-0.3, -0.25) is 14.5 Å². The van der Waals surface area contributed by atoms with Crippen molar-refractivity contribution < 1.29 is 9.84 Å². The fourth-order valence-electron chi connectivity index (χ4n) is 4.04. The molecule has 0 radical (unpaired) electrons. The second-order valence-corrected chi connectivity index (χ2v) is 7.64. The number of aliphatic hydroxyl groups is 1. The number of ether oxygens (including phenoxy) is 1. The summed E-state index contributed by atoms with van der Waals surface area (Å²) in [5, 5.41) is 13.3. The molecule has 0 bridgehead atoms. The van der Waals surface area contributed by atoms with Gasteiger partial charge in [-0.1, -0.05) is 18.2 Å². The molecule has 2 aromatic rings. The Morgan fingerprint density at radius 2 is 1.59 bits per heavy atom. The van der Waals surface area contributed by atoms with E-state index >= 15 is 0 Å². The van der Waals surface area contributed by atoms with E-state index in [1.807, 2.05) is 23.1 Å². The van der Waals surface area contributed by atoms with E-state index in [2.05, 4.69) is 27.2 Å². The number of para-hydroxylation sites is 1. The van der Waals surface area contributed by atoms with Crippen LogP contribution in [0.3, 0.4) is 0 Å². The molecule has 1 unspecified atom stereocenters. The van der Waals surface area contributed by atoms with E-state index in [-0.39, 0.29) is 6.54 Å². The summed E-state index contributed by atoms with van der Waals surface area (Å²) in [5.74, 6) is 0. The van der Waals surface area contributed by atoms with Gasteiger partial charge >= 0.3 is 0 Å². The largest absolute Gasteiger partial charge is 0.390 e. The van der Waals surface area contributed by atoms with Gasteiger partial charge in [0, 0.05) is 58.0 Å². The summed E-state index contributed by atoms with van der Waals surface area (Å²) in [6.07, 6.45) is -0.611. The molecule has 8 heteroatoms. The van der Waals surface area contributed by atoms with Crippen LogP contribution in [0, 0.1) is 0 Å². The Kier molecular flexibility index (Phi) is 6.13. The van der Waals surface area contributed by atoms with Crippen LogP contribution in [0.15, 0.2) is 39.9 Å². The minimum atomic E-state index is -0.611. The highest BCUT2D eigenvalue weighted by Gasteiger charge is 2.29. The molecular formula is C21H28N4O4. The fraction of sp³-hybridized carbons (Fsp3) is 0.524. The minimum absolute atomic E-state index is 0.249. The molecule has 2 heterocycles. The predicted molar refractivity (Wildman–Crippen MR) is 114 cm³/mol. The first-order chi connectivity index (χ1) is 14.1. The number of benzene rings is 1. The van der Waals surface area contributed by atoms with Gasteiger partial charge in [0.1, 0.15) is 11.4 Å². The second-order valence-electron chi connectivity index (χ2n) is 7.64. The molecule has 0 saturated carbocycles. The third kappa shape index (κ3) is 4.44. The average Bonchev–Trinajstić information content (AvgIpc) is 2.77. The van der Waals surface area contributed by atoms with Crippen molar-refractivity contribution >= 4 is 17.1 Å². The summed E-state index contributed by atoms with van der Waals surface area (Å²) in [4.78, 5) is 30.7. The number of rotatable bonds is 7. The quantitative estimate of drug-likeness (QED) is 0.614. The first-order valence-electron chi connectivity index (χ1n) is 10.2. The summed E-state index contributed by atoms with van der Waals surface area (Å²) in [5.41, 5.74) is 1.08. The average molecular weight is 400 g/mol. The first kappa shape index (κ1) is 19.9. The van der Waals surface area contributed by atoms with E-state index in [9.17, 15) is 14.7 Å². The summed E-state index contributed by atoms with van der Waals surface area (Å²) < 4.78 is 5.31. The zero-order valence-corrected chi connectivity index (χ0v) is 16.5. The van der Waals surface area contributed by atoms with E-state index in [4.69, 9.17) is 4.74 Å². The molecule has 0 aromatic heterocycles. The Hall–Kier alpha value is -2.42. The molecule has 2 N–H and O–H groups in total. The maximum atomic E-state index is 12.2. The monoisotopic (exact) mass is 400 g/mol. The molecule has 8 nitrogen and oxygen atoms in total. The predicted octanol–water partition coefficient (Wildman–Crippen LogP) is -0.286. The SMILES string of the molecule is O=c1c(NCC(O)CN2CCOCC2)c(N2CCN(c3ccccc3)CC2)c1=O. The fourth-order valence-corrected chi connectivity index (χ4v) is 4.04. The van der Waals surface area contributed by atoms with Crippen LogP contribution in [-0.4, -0.2) is 81.7 Å². The molecule has 0 spiro atoms. The molecule has 2 fully saturated rings. The Morgan fingerprint density at radius 3 is 2.28 bits per heavy atom. The zero-order valence-electron chi connectivity index (χ0n) is 16.5. The van der Waals surface area contributed by atoms with Crippen LogP contribution in [0.4, 0.5) is 17.1 Å². The van der Waals surface area contributed by atoms with Crippen molar-refractivity contribution in [3.8, 4) is 0 Å². The molecule has 2 aliphatic heterocycles. The van der Waals surface area contributed by atoms with Crippen molar-refractivity contribution in [2.24, 2.45) is 0 Å². The third-order valence-corrected chi connectivity index (χ3v) is 5.69. The minimum Gasteiger partial charge on any atom is -0.390 e. The van der Waals surface area contributed by atoms with Crippen LogP contribution in [0.2, 0.25) is 0 Å². The van der Waals surface area contributed by atoms with Gasteiger partial charge in [-0.25, -0.2) is 0 Å². The smallest absolute Gasteiger partial charge is 0.253 e. The van der Waals surface area contributed by atoms with Crippen molar-refractivity contribution in [3.05, 3.63) is 50.8 Å². The summed E-state index contributed by atoms with van der Waals surface area (Å²) in [6.45, 7) is 6.69. The number of β-amino-alcohol motifs (C(OH)–C–C–N with tert-alkyl or cyclic N) is 1. The maximum absolute atomic E-state index is 12.2. The van der Waals surface area contributed by atoms with Gasteiger partial charge in [0.2, 0.25) is 0 Å². The lowest BCUT2D eigenvalue weighted by Crippen LogP contribution is -2.52. The number of nitrogens with one attached hydrogen (secondary N) is 1. The van der Waals surface area contributed by atoms with Crippen molar-refractivity contribution in [3.63, 3.8) is 0 Å². The van der Waals surface area contributed by atoms with Gasteiger partial charge in [0.15, 0.2) is 0 Å². The number of aliphatic hydroxyl groups excluding tert-OH is 1. The Balaban J connectivity index is 1.32. The topological polar surface area (TPSA) is 85.3 Å². The van der Waals surface area contributed by atoms with Crippen molar-refractivity contribution in [1.82, 2.24) is 4.90 Å². The molecule has 2 aliphatic rings. The highest BCUT2D eigenvalue weighted by molar-refractivity contribution is 5.75. The van der Waals surface area contributed by atoms with E-state index < -0.39 is 17.0 Å². The molecule has 0 amide bonds. The van der Waals surface area contributed by atoms with Gasteiger partial charge in [-0.2, -0.15) is 0 Å². The molecule has 0 aliphatic carbocycles. The van der Waals surface area contributed by atoms with Crippen LogP contribution in [0.1, 0.15) is 0 Å². The normalized spacial score (nSPS) is 19.5. The Labute approximate surface area is 170 Å². The number of hydrogen-bond donors (Lipinski definition) is 2. The van der Waals surface area contributed by atoms with Crippen LogP contribution < -0.4 is 26.0 Å². The molecular weight excluding hydrogens is 372 g/mol. The molecule has 2 aromatic carbocycles. The molecule has 4 rings (SSSR count). The van der Waals surface area contributed by atoms with Crippen LogP contribution >= 0.6 is 0 Å². The second kappa shape index (κ2) is 8.94. The van der Waals surface area contributed by atoms with E-state index in [1.54, 1.807) is 0 Å². The van der Waals surface area contributed by atoms with E-state index in [0.717, 1.165) is 26.2 Å². The maximum Gasteiger partial charge on any atom is 0.253 e. The third-order valence-electron chi connectivity index (χ3n) is 5.69. The molecule has 29 heavy (non-hydrogen) atoms. The lowest BCUT2D eigenvalue weighted by atomic mass is 10.1. The summed E-state index contributed by atoms with van der Waals surface area (Å²) in [6, 6.07) is 10.2. The van der Waals surface area contributed by atoms with Crippen molar-refractivity contribution in [2.45, 2.75) is 6.10 Å². The van der Waals surface area contributed by atoms with Gasteiger partial charge < -0.3 is 25.0 Å². The van der Waals surface area contributed by atoms with Crippen molar-refractivity contribution in [1.29, 1.82) is 0 Å². The molecule has 2 saturated heterocycles. The summed E-state index contributed by atoms with van der Waals surface area (Å²) >= 11 is 0. The van der Waals surface area contributed by atoms with Crippen molar-refractivity contribution in [2.75, 3.05) is 80.7 Å². The Morgan fingerprint density at radius 1 is 0.931 bits per heavy atom. The highest BCUT2D eigenvalue weighted by Crippen LogP contribution is 2.23. The van der Waals surface area contributed by atoms with E-state index in [1.165, 1.54) is 5.69 Å². The number of morpholine rings is 1. The van der Waals surface area contributed by atoms with Gasteiger partial charge in [0.25, 0.3) is 10.9 Å². The summed E-state index contributed by atoms with van der Waals surface area (Å²) in [7, 11) is 0. The van der Waals surface area contributed by atoms with Gasteiger partial charge in [-0.05, 0) is 12.1 Å². The van der Waals surface area contributed by atoms with Crippen LogP contribution in [0.5, 0.6) is 0 Å². The highest BCUT2D eigenvalue weighted by atomic mass is 16.5. The molecule has 156 valence electrons. The van der Waals surface area contributed by atoms with Crippen LogP contribution in [0.25, 0.3) is 0 Å². The number of hydrogen-bond acceptors (Lipinski definition) is 8. The number of piperazine rings is 1. The lowest BCUT2D eigenvalue weighted by Gasteiger charge is -2.38.